The summed E-state index contributed by atoms with van der Waals surface area (Å²) in [6.07, 6.45) is -3.90. The van der Waals surface area contributed by atoms with Crippen LogP contribution in [0.4, 0.5) is 13.2 Å². The number of amides is 1. The third kappa shape index (κ3) is 7.53. The van der Waals surface area contributed by atoms with E-state index in [1.807, 2.05) is 35.2 Å². The number of hydrogen-bond acceptors (Lipinski definition) is 5. The number of aliphatic hydroxyl groups is 1. The molecule has 7 nitrogen and oxygen atoms in total. The highest BCUT2D eigenvalue weighted by Crippen LogP contribution is 2.33. The van der Waals surface area contributed by atoms with Gasteiger partial charge in [-0.2, -0.15) is 17.5 Å². The number of likely N-dealkylation sites (tertiary alicyclic amines) is 1. The monoisotopic (exact) mass is 541 g/mol. The van der Waals surface area contributed by atoms with Gasteiger partial charge in [-0.15, -0.1) is 0 Å². The topological polar surface area (TPSA) is 81.2 Å². The Balaban J connectivity index is 1.67. The first-order chi connectivity index (χ1) is 17.4. The van der Waals surface area contributed by atoms with E-state index in [2.05, 4.69) is 0 Å². The lowest BCUT2D eigenvalue weighted by Gasteiger charge is -2.40. The first kappa shape index (κ1) is 29.1. The lowest BCUT2D eigenvalue weighted by molar-refractivity contribution is -0.137. The van der Waals surface area contributed by atoms with E-state index >= 15 is 0 Å². The third-order valence-electron chi connectivity index (χ3n) is 6.45. The number of carbonyl (C=O) groups excluding carboxylic acids is 1. The number of piperidine rings is 1. The van der Waals surface area contributed by atoms with Crippen molar-refractivity contribution < 1.29 is 31.5 Å². The molecule has 0 spiro atoms. The first-order valence-electron chi connectivity index (χ1n) is 12.3. The second-order valence-corrected chi connectivity index (χ2v) is 11.3. The summed E-state index contributed by atoms with van der Waals surface area (Å²) in [7, 11) is -4.19. The fourth-order valence-corrected chi connectivity index (χ4v) is 6.64. The van der Waals surface area contributed by atoms with Gasteiger partial charge in [0.05, 0.1) is 23.6 Å². The second kappa shape index (κ2) is 12.4. The molecule has 37 heavy (non-hydrogen) atoms. The Morgan fingerprint density at radius 3 is 2.30 bits per heavy atom. The Morgan fingerprint density at radius 1 is 1.08 bits per heavy atom. The highest BCUT2D eigenvalue weighted by Gasteiger charge is 2.38. The zero-order valence-corrected chi connectivity index (χ0v) is 21.9. The Hall–Kier alpha value is -2.47. The van der Waals surface area contributed by atoms with E-state index in [1.165, 1.54) is 10.4 Å². The summed E-state index contributed by atoms with van der Waals surface area (Å²) >= 11 is 0. The van der Waals surface area contributed by atoms with Gasteiger partial charge in [-0.1, -0.05) is 36.4 Å². The van der Waals surface area contributed by atoms with E-state index < -0.39 is 38.7 Å². The smallest absolute Gasteiger partial charge is 0.395 e. The van der Waals surface area contributed by atoms with E-state index in [-0.39, 0.29) is 19.1 Å². The molecule has 2 aromatic carbocycles. The number of sulfonamides is 1. The van der Waals surface area contributed by atoms with Crippen LogP contribution in [0.25, 0.3) is 0 Å². The molecular formula is C26H34F3N3O4S. The molecule has 0 aromatic heterocycles. The van der Waals surface area contributed by atoms with Crippen LogP contribution in [-0.2, 0) is 27.5 Å². The first-order valence-corrected chi connectivity index (χ1v) is 13.7. The molecule has 1 aliphatic heterocycles. The van der Waals surface area contributed by atoms with Crippen LogP contribution in [0.2, 0.25) is 0 Å². The van der Waals surface area contributed by atoms with E-state index in [4.69, 9.17) is 0 Å². The van der Waals surface area contributed by atoms with Gasteiger partial charge in [0.2, 0.25) is 15.9 Å². The summed E-state index contributed by atoms with van der Waals surface area (Å²) in [4.78, 5) is 16.1. The average Bonchev–Trinajstić information content (AvgIpc) is 2.84. The van der Waals surface area contributed by atoms with Crippen LogP contribution in [0, 0.1) is 0 Å². The van der Waals surface area contributed by atoms with Crippen LogP contribution in [0.1, 0.15) is 37.8 Å². The Morgan fingerprint density at radius 2 is 1.73 bits per heavy atom. The van der Waals surface area contributed by atoms with Crippen molar-refractivity contribution in [3.05, 3.63) is 65.7 Å². The predicted molar refractivity (Wildman–Crippen MR) is 134 cm³/mol. The van der Waals surface area contributed by atoms with Gasteiger partial charge in [-0.25, -0.2) is 8.42 Å². The molecule has 0 radical (unpaired) electrons. The molecule has 1 aliphatic rings. The number of halogens is 3. The Bertz CT molecular complexity index is 1140. The van der Waals surface area contributed by atoms with E-state index in [0.717, 1.165) is 17.7 Å². The van der Waals surface area contributed by atoms with Crippen molar-refractivity contribution in [1.29, 1.82) is 0 Å². The van der Waals surface area contributed by atoms with E-state index in [0.29, 0.717) is 45.1 Å². The zero-order valence-electron chi connectivity index (χ0n) is 21.1. The van der Waals surface area contributed by atoms with Crippen LogP contribution in [-0.4, -0.2) is 78.4 Å². The van der Waals surface area contributed by atoms with Crippen LogP contribution >= 0.6 is 0 Å². The summed E-state index contributed by atoms with van der Waals surface area (Å²) < 4.78 is 67.6. The lowest BCUT2D eigenvalue weighted by Crippen LogP contribution is -2.52. The summed E-state index contributed by atoms with van der Waals surface area (Å²) in [5, 5.41) is 9.43. The SMILES string of the molecule is CC(C)N(C1CCN(C(=O)CN(CCO)Cc2ccccc2)CC1)S(=O)(=O)c1cccc(C(F)(F)F)c1. The molecule has 204 valence electrons. The third-order valence-corrected chi connectivity index (χ3v) is 8.57. The largest absolute Gasteiger partial charge is 0.416 e. The van der Waals surface area contributed by atoms with Crippen LogP contribution in [0.15, 0.2) is 59.5 Å². The molecule has 1 N–H and O–H groups in total. The van der Waals surface area contributed by atoms with E-state index in [1.54, 1.807) is 18.7 Å². The molecule has 1 saturated heterocycles. The molecule has 0 aliphatic carbocycles. The highest BCUT2D eigenvalue weighted by atomic mass is 32.2. The summed E-state index contributed by atoms with van der Waals surface area (Å²) in [6.45, 7) is 4.95. The van der Waals surface area contributed by atoms with Gasteiger partial charge in [-0.3, -0.25) is 9.69 Å². The maximum atomic E-state index is 13.4. The molecule has 0 bridgehead atoms. The number of alkyl halides is 3. The van der Waals surface area contributed by atoms with Crippen molar-refractivity contribution in [2.45, 2.75) is 56.4 Å². The van der Waals surface area contributed by atoms with E-state index in [9.17, 15) is 31.5 Å². The van der Waals surface area contributed by atoms with Gasteiger partial charge in [0, 0.05) is 38.3 Å². The summed E-state index contributed by atoms with van der Waals surface area (Å²) in [5.41, 5.74) is 0.00969. The van der Waals surface area contributed by atoms with Crippen LogP contribution in [0.5, 0.6) is 0 Å². The van der Waals surface area contributed by atoms with Gasteiger partial charge >= 0.3 is 6.18 Å². The van der Waals surface area contributed by atoms with Crippen LogP contribution in [0.3, 0.4) is 0 Å². The minimum absolute atomic E-state index is 0.0844. The van der Waals surface area contributed by atoms with Gasteiger partial charge in [0.15, 0.2) is 0 Å². The molecule has 3 rings (SSSR count). The second-order valence-electron chi connectivity index (χ2n) is 9.49. The van der Waals surface area contributed by atoms with Gasteiger partial charge in [-0.05, 0) is 50.5 Å². The maximum Gasteiger partial charge on any atom is 0.416 e. The normalized spacial score (nSPS) is 15.6. The molecule has 0 unspecified atom stereocenters. The molecule has 1 heterocycles. The number of benzene rings is 2. The zero-order chi connectivity index (χ0) is 27.2. The summed E-state index contributed by atoms with van der Waals surface area (Å²) in [5.74, 6) is -0.111. The standard InChI is InChI=1S/C26H34F3N3O4S/c1-20(2)32(37(35,36)24-10-6-9-22(17-24)26(27,28)29)23-11-13-31(14-12-23)25(34)19-30(15-16-33)18-21-7-4-3-5-8-21/h3-10,17,20,23,33H,11-16,18-19H2,1-2H3. The van der Waals surface area contributed by atoms with Crippen molar-refractivity contribution in [3.63, 3.8) is 0 Å². The number of hydrogen-bond donors (Lipinski definition) is 1. The lowest BCUT2D eigenvalue weighted by atomic mass is 10.0. The van der Waals surface area contributed by atoms with Crippen molar-refractivity contribution >= 4 is 15.9 Å². The molecule has 0 saturated carbocycles. The van der Waals surface area contributed by atoms with Gasteiger partial charge in [0.1, 0.15) is 0 Å². The summed E-state index contributed by atoms with van der Waals surface area (Å²) in [6, 6.07) is 12.5. The average molecular weight is 542 g/mol. The van der Waals surface area contributed by atoms with Crippen molar-refractivity contribution in [3.8, 4) is 0 Å². The minimum atomic E-state index is -4.65. The molecule has 2 aromatic rings. The number of rotatable bonds is 10. The molecule has 1 amide bonds. The highest BCUT2D eigenvalue weighted by molar-refractivity contribution is 7.89. The number of nitrogens with zero attached hydrogens (tertiary/aromatic N) is 3. The van der Waals surface area contributed by atoms with Crippen LogP contribution < -0.4 is 0 Å². The number of aliphatic hydroxyl groups excluding tert-OH is 1. The molecule has 11 heteroatoms. The maximum absolute atomic E-state index is 13.4. The molecular weight excluding hydrogens is 507 g/mol. The predicted octanol–water partition coefficient (Wildman–Crippen LogP) is 3.59. The number of carbonyl (C=O) groups is 1. The van der Waals surface area contributed by atoms with Crippen molar-refractivity contribution in [2.24, 2.45) is 0 Å². The van der Waals surface area contributed by atoms with Gasteiger partial charge in [0.25, 0.3) is 0 Å². The molecule has 1 fully saturated rings. The minimum Gasteiger partial charge on any atom is -0.395 e. The quantitative estimate of drug-likeness (QED) is 0.497. The van der Waals surface area contributed by atoms with Crippen molar-refractivity contribution in [1.82, 2.24) is 14.1 Å². The fourth-order valence-electron chi connectivity index (χ4n) is 4.71. The Kier molecular flexibility index (Phi) is 9.74. The van der Waals surface area contributed by atoms with Crippen molar-refractivity contribution in [2.75, 3.05) is 32.8 Å². The fraction of sp³-hybridized carbons (Fsp3) is 0.500. The van der Waals surface area contributed by atoms with Gasteiger partial charge < -0.3 is 10.0 Å². The molecule has 0 atom stereocenters. The Labute approximate surface area is 216 Å².